The van der Waals surface area contributed by atoms with Gasteiger partial charge in [-0.1, -0.05) is 19.1 Å². The number of ether oxygens (including phenoxy) is 1. The average molecular weight is 397 g/mol. The number of nitrogens with one attached hydrogen (secondary N) is 2. The summed E-state index contributed by atoms with van der Waals surface area (Å²) >= 11 is 0. The van der Waals surface area contributed by atoms with Gasteiger partial charge in [-0.3, -0.25) is 14.9 Å². The Balaban J connectivity index is 1.64. The third-order valence-corrected chi connectivity index (χ3v) is 4.65. The lowest BCUT2D eigenvalue weighted by Gasteiger charge is -2.14. The number of carbonyl (C=O) groups is 2. The van der Waals surface area contributed by atoms with E-state index in [1.807, 2.05) is 19.1 Å². The molecule has 0 aromatic heterocycles. The van der Waals surface area contributed by atoms with Gasteiger partial charge in [-0.2, -0.15) is 0 Å². The lowest BCUT2D eigenvalue weighted by molar-refractivity contribution is -0.384. The van der Waals surface area contributed by atoms with E-state index in [2.05, 4.69) is 10.6 Å². The van der Waals surface area contributed by atoms with E-state index in [1.165, 1.54) is 25.1 Å². The van der Waals surface area contributed by atoms with Crippen molar-refractivity contribution in [1.29, 1.82) is 0 Å². The van der Waals surface area contributed by atoms with Crippen molar-refractivity contribution in [2.24, 2.45) is 0 Å². The fourth-order valence-electron chi connectivity index (χ4n) is 2.73. The highest BCUT2D eigenvalue weighted by atomic mass is 16.6. The number of benzene rings is 2. The van der Waals surface area contributed by atoms with Crippen LogP contribution in [0.4, 0.5) is 17.1 Å². The number of nitro groups is 1. The van der Waals surface area contributed by atoms with Gasteiger partial charge >= 0.3 is 5.97 Å². The summed E-state index contributed by atoms with van der Waals surface area (Å²) in [6.07, 6.45) is 1.77. The van der Waals surface area contributed by atoms with Gasteiger partial charge in [0.1, 0.15) is 5.69 Å². The Morgan fingerprint density at radius 3 is 2.48 bits per heavy atom. The van der Waals surface area contributed by atoms with Crippen LogP contribution in [0, 0.1) is 10.1 Å². The van der Waals surface area contributed by atoms with Gasteiger partial charge in [0.25, 0.3) is 11.6 Å². The molecule has 0 aliphatic heterocycles. The van der Waals surface area contributed by atoms with Crippen molar-refractivity contribution in [1.82, 2.24) is 0 Å². The second-order valence-electron chi connectivity index (χ2n) is 6.99. The zero-order valence-electron chi connectivity index (χ0n) is 16.3. The second-order valence-corrected chi connectivity index (χ2v) is 6.99. The number of aryl methyl sites for hydroxylation is 1. The predicted molar refractivity (Wildman–Crippen MR) is 109 cm³/mol. The molecule has 0 heterocycles. The standard InChI is InChI=1S/C21H23N3O5/c1-3-14-4-7-17(8-5-14)23-20(25)13(2)29-21(26)15-6-11-18(22-16-9-10-16)19(12-15)24(27)28/h4-8,11-13,16,22H,3,9-10H2,1-2H3,(H,23,25)/t13-/m1/s1. The molecular weight excluding hydrogens is 374 g/mol. The summed E-state index contributed by atoms with van der Waals surface area (Å²) in [6.45, 7) is 3.49. The van der Waals surface area contributed by atoms with E-state index in [-0.39, 0.29) is 17.3 Å². The Hall–Kier alpha value is -3.42. The molecule has 2 aromatic rings. The number of carbonyl (C=O) groups excluding carboxylic acids is 2. The molecule has 1 saturated carbocycles. The number of hydrogen-bond donors (Lipinski definition) is 2. The molecular formula is C21H23N3O5. The van der Waals surface area contributed by atoms with Crippen LogP contribution in [0.2, 0.25) is 0 Å². The molecule has 8 nitrogen and oxygen atoms in total. The highest BCUT2D eigenvalue weighted by molar-refractivity contribution is 5.97. The summed E-state index contributed by atoms with van der Waals surface area (Å²) in [4.78, 5) is 35.4. The van der Waals surface area contributed by atoms with Crippen LogP contribution in [0.15, 0.2) is 42.5 Å². The van der Waals surface area contributed by atoms with Crippen molar-refractivity contribution < 1.29 is 19.2 Å². The molecule has 2 aromatic carbocycles. The number of esters is 1. The highest BCUT2D eigenvalue weighted by Gasteiger charge is 2.26. The zero-order chi connectivity index (χ0) is 21.0. The van der Waals surface area contributed by atoms with E-state index in [0.717, 1.165) is 24.8 Å². The molecule has 1 aliphatic carbocycles. The molecule has 1 atom stereocenters. The van der Waals surface area contributed by atoms with E-state index < -0.39 is 22.9 Å². The van der Waals surface area contributed by atoms with Crippen molar-refractivity contribution in [3.05, 3.63) is 63.7 Å². The van der Waals surface area contributed by atoms with Crippen LogP contribution in [-0.2, 0) is 16.0 Å². The quantitative estimate of drug-likeness (QED) is 0.397. The molecule has 0 radical (unpaired) electrons. The van der Waals surface area contributed by atoms with E-state index in [9.17, 15) is 19.7 Å². The summed E-state index contributed by atoms with van der Waals surface area (Å²) in [5.41, 5.74) is 1.93. The molecule has 0 saturated heterocycles. The monoisotopic (exact) mass is 397 g/mol. The number of amides is 1. The largest absolute Gasteiger partial charge is 0.449 e. The molecule has 8 heteroatoms. The van der Waals surface area contributed by atoms with Crippen LogP contribution in [0.3, 0.4) is 0 Å². The average Bonchev–Trinajstić information content (AvgIpc) is 3.52. The molecule has 152 valence electrons. The maximum absolute atomic E-state index is 12.4. The van der Waals surface area contributed by atoms with Crippen LogP contribution >= 0.6 is 0 Å². The van der Waals surface area contributed by atoms with Crippen LogP contribution in [-0.4, -0.2) is 28.9 Å². The summed E-state index contributed by atoms with van der Waals surface area (Å²) in [7, 11) is 0. The number of rotatable bonds is 8. The topological polar surface area (TPSA) is 111 Å². The molecule has 0 unspecified atom stereocenters. The van der Waals surface area contributed by atoms with Crippen LogP contribution < -0.4 is 10.6 Å². The first-order chi connectivity index (χ1) is 13.9. The Morgan fingerprint density at radius 2 is 1.90 bits per heavy atom. The van der Waals surface area contributed by atoms with Gasteiger partial charge in [0, 0.05) is 17.8 Å². The molecule has 0 bridgehead atoms. The second kappa shape index (κ2) is 8.72. The molecule has 3 rings (SSSR count). The minimum absolute atomic E-state index is 0.0185. The number of nitrogens with zero attached hydrogens (tertiary/aromatic N) is 1. The van der Waals surface area contributed by atoms with Crippen LogP contribution in [0.25, 0.3) is 0 Å². The normalized spacial score (nSPS) is 14.0. The maximum atomic E-state index is 12.4. The molecule has 29 heavy (non-hydrogen) atoms. The van der Waals surface area contributed by atoms with Gasteiger partial charge < -0.3 is 15.4 Å². The number of anilines is 2. The van der Waals surface area contributed by atoms with Crippen molar-refractivity contribution in [2.75, 3.05) is 10.6 Å². The molecule has 1 fully saturated rings. The van der Waals surface area contributed by atoms with Crippen molar-refractivity contribution in [3.8, 4) is 0 Å². The Bertz CT molecular complexity index is 922. The van der Waals surface area contributed by atoms with Gasteiger partial charge in [0.2, 0.25) is 0 Å². The highest BCUT2D eigenvalue weighted by Crippen LogP contribution is 2.31. The predicted octanol–water partition coefficient (Wildman–Crippen LogP) is 3.92. The van der Waals surface area contributed by atoms with Gasteiger partial charge in [-0.05, 0) is 56.0 Å². The van der Waals surface area contributed by atoms with Gasteiger partial charge in [0.15, 0.2) is 6.10 Å². The van der Waals surface area contributed by atoms with Gasteiger partial charge in [-0.15, -0.1) is 0 Å². The van der Waals surface area contributed by atoms with E-state index in [1.54, 1.807) is 12.1 Å². The van der Waals surface area contributed by atoms with E-state index in [4.69, 9.17) is 4.74 Å². The smallest absolute Gasteiger partial charge is 0.339 e. The third kappa shape index (κ3) is 5.31. The molecule has 1 aliphatic rings. The Morgan fingerprint density at radius 1 is 1.21 bits per heavy atom. The fourth-order valence-corrected chi connectivity index (χ4v) is 2.73. The lowest BCUT2D eigenvalue weighted by Crippen LogP contribution is -2.30. The summed E-state index contributed by atoms with van der Waals surface area (Å²) in [6, 6.07) is 11.7. The first-order valence-electron chi connectivity index (χ1n) is 9.53. The zero-order valence-corrected chi connectivity index (χ0v) is 16.3. The van der Waals surface area contributed by atoms with Crippen LogP contribution in [0.1, 0.15) is 42.6 Å². The van der Waals surface area contributed by atoms with E-state index in [0.29, 0.717) is 11.4 Å². The van der Waals surface area contributed by atoms with Gasteiger partial charge in [-0.25, -0.2) is 4.79 Å². The first-order valence-corrected chi connectivity index (χ1v) is 9.53. The summed E-state index contributed by atoms with van der Waals surface area (Å²) < 4.78 is 5.19. The minimum atomic E-state index is -1.06. The fraction of sp³-hybridized carbons (Fsp3) is 0.333. The summed E-state index contributed by atoms with van der Waals surface area (Å²) in [5, 5.41) is 17.1. The van der Waals surface area contributed by atoms with Gasteiger partial charge in [0.05, 0.1) is 10.5 Å². The first kappa shape index (κ1) is 20.3. The Labute approximate surface area is 168 Å². The summed E-state index contributed by atoms with van der Waals surface area (Å²) in [5.74, 6) is -1.28. The van der Waals surface area contributed by atoms with E-state index >= 15 is 0 Å². The number of hydrogen-bond acceptors (Lipinski definition) is 6. The lowest BCUT2D eigenvalue weighted by atomic mass is 10.1. The Kier molecular flexibility index (Phi) is 6.11. The molecule has 1 amide bonds. The van der Waals surface area contributed by atoms with Crippen molar-refractivity contribution in [2.45, 2.75) is 45.3 Å². The minimum Gasteiger partial charge on any atom is -0.449 e. The SMILES string of the molecule is CCc1ccc(NC(=O)[C@@H](C)OC(=O)c2ccc(NC3CC3)c([N+](=O)[O-])c2)cc1. The van der Waals surface area contributed by atoms with Crippen LogP contribution in [0.5, 0.6) is 0 Å². The molecule has 2 N–H and O–H groups in total. The number of nitro benzene ring substituents is 1. The van der Waals surface area contributed by atoms with Crippen molar-refractivity contribution in [3.63, 3.8) is 0 Å². The molecule has 0 spiro atoms. The maximum Gasteiger partial charge on any atom is 0.339 e. The van der Waals surface area contributed by atoms with Crippen molar-refractivity contribution >= 4 is 28.9 Å². The third-order valence-electron chi connectivity index (χ3n) is 4.65.